The third-order valence-corrected chi connectivity index (χ3v) is 4.30. The molecule has 0 unspecified atom stereocenters. The van der Waals surface area contributed by atoms with Gasteiger partial charge in [0.15, 0.2) is 5.76 Å². The maximum atomic E-state index is 12.8. The summed E-state index contributed by atoms with van der Waals surface area (Å²) in [6.07, 6.45) is 0. The van der Waals surface area contributed by atoms with Gasteiger partial charge in [-0.05, 0) is 24.1 Å². The molecule has 0 saturated heterocycles. The fourth-order valence-corrected chi connectivity index (χ4v) is 2.97. The molecule has 0 aliphatic rings. The molecule has 2 heteroatoms. The summed E-state index contributed by atoms with van der Waals surface area (Å²) >= 11 is 0. The molecule has 4 rings (SSSR count). The van der Waals surface area contributed by atoms with Crippen LogP contribution in [0.1, 0.15) is 21.7 Å². The molecule has 0 saturated carbocycles. The lowest BCUT2D eigenvalue weighted by Gasteiger charge is -2.03. The van der Waals surface area contributed by atoms with Gasteiger partial charge < -0.3 is 4.42 Å². The highest BCUT2D eigenvalue weighted by Gasteiger charge is 2.18. The number of aryl methyl sites for hydroxylation is 1. The minimum atomic E-state index is -0.0803. The van der Waals surface area contributed by atoms with Crippen LogP contribution in [0.3, 0.4) is 0 Å². The van der Waals surface area contributed by atoms with Crippen molar-refractivity contribution >= 4 is 16.8 Å². The van der Waals surface area contributed by atoms with Crippen LogP contribution in [-0.2, 0) is 0 Å². The second kappa shape index (κ2) is 5.82. The van der Waals surface area contributed by atoms with Gasteiger partial charge in [0.1, 0.15) is 5.58 Å². The lowest BCUT2D eigenvalue weighted by atomic mass is 10.0. The van der Waals surface area contributed by atoms with Crippen molar-refractivity contribution in [3.63, 3.8) is 0 Å². The van der Waals surface area contributed by atoms with E-state index < -0.39 is 0 Å². The number of para-hydroxylation sites is 1. The summed E-state index contributed by atoms with van der Waals surface area (Å²) in [5, 5.41) is 0.988. The van der Waals surface area contributed by atoms with Gasteiger partial charge in [0, 0.05) is 16.5 Å². The summed E-state index contributed by atoms with van der Waals surface area (Å²) in [6.45, 7) is 1.93. The van der Waals surface area contributed by atoms with Crippen molar-refractivity contribution in [2.75, 3.05) is 0 Å². The van der Waals surface area contributed by atoms with Gasteiger partial charge in [0.25, 0.3) is 0 Å². The van der Waals surface area contributed by atoms with E-state index in [0.717, 1.165) is 27.7 Å². The highest BCUT2D eigenvalue weighted by Crippen LogP contribution is 2.27. The number of hydrogen-bond acceptors (Lipinski definition) is 2. The normalized spacial score (nSPS) is 10.9. The van der Waals surface area contributed by atoms with Gasteiger partial charge in [-0.2, -0.15) is 0 Å². The molecule has 0 N–H and O–H groups in total. The molecule has 0 aliphatic carbocycles. The van der Waals surface area contributed by atoms with Gasteiger partial charge in [-0.25, -0.2) is 0 Å². The van der Waals surface area contributed by atoms with Crippen LogP contribution in [0.5, 0.6) is 0 Å². The largest absolute Gasteiger partial charge is 0.452 e. The van der Waals surface area contributed by atoms with Crippen molar-refractivity contribution in [1.29, 1.82) is 0 Å². The molecule has 1 aromatic heterocycles. The molecule has 0 radical (unpaired) electrons. The Labute approximate surface area is 140 Å². The van der Waals surface area contributed by atoms with E-state index >= 15 is 0 Å². The molecule has 0 bridgehead atoms. The van der Waals surface area contributed by atoms with Crippen LogP contribution < -0.4 is 0 Å². The first-order valence-electron chi connectivity index (χ1n) is 7.92. The van der Waals surface area contributed by atoms with Gasteiger partial charge in [-0.1, -0.05) is 72.8 Å². The van der Waals surface area contributed by atoms with Crippen molar-refractivity contribution in [1.82, 2.24) is 0 Å². The summed E-state index contributed by atoms with van der Waals surface area (Å²) in [5.41, 5.74) is 4.50. The molecule has 1 heterocycles. The monoisotopic (exact) mass is 312 g/mol. The van der Waals surface area contributed by atoms with E-state index in [1.165, 1.54) is 0 Å². The predicted octanol–water partition coefficient (Wildman–Crippen LogP) is 5.64. The standard InChI is InChI=1S/C22H16O2/c1-15-19-9-5-6-10-20(19)24-22(15)21(23)18-13-11-17(12-14-18)16-7-3-2-4-8-16/h2-14H,1H3. The average Bonchev–Trinajstić information content (AvgIpc) is 2.99. The molecule has 2 nitrogen and oxygen atoms in total. The average molecular weight is 312 g/mol. The summed E-state index contributed by atoms with van der Waals surface area (Å²) in [6, 6.07) is 25.5. The number of carbonyl (C=O) groups is 1. The van der Waals surface area contributed by atoms with E-state index in [1.807, 2.05) is 73.7 Å². The van der Waals surface area contributed by atoms with Crippen molar-refractivity contribution in [3.8, 4) is 11.1 Å². The first-order chi connectivity index (χ1) is 11.7. The third kappa shape index (κ3) is 2.42. The smallest absolute Gasteiger partial charge is 0.228 e. The van der Waals surface area contributed by atoms with Crippen molar-refractivity contribution < 1.29 is 9.21 Å². The zero-order valence-corrected chi connectivity index (χ0v) is 13.3. The lowest BCUT2D eigenvalue weighted by Crippen LogP contribution is -2.01. The van der Waals surface area contributed by atoms with Crippen LogP contribution >= 0.6 is 0 Å². The topological polar surface area (TPSA) is 30.2 Å². The van der Waals surface area contributed by atoms with Gasteiger partial charge in [0.2, 0.25) is 5.78 Å². The quantitative estimate of drug-likeness (QED) is 0.458. The molecule has 0 fully saturated rings. The van der Waals surface area contributed by atoms with Crippen LogP contribution in [0.4, 0.5) is 0 Å². The summed E-state index contributed by atoms with van der Waals surface area (Å²) in [7, 11) is 0. The molecule has 3 aromatic carbocycles. The number of benzene rings is 3. The SMILES string of the molecule is Cc1c(C(=O)c2ccc(-c3ccccc3)cc2)oc2ccccc12. The number of carbonyl (C=O) groups excluding carboxylic acids is 1. The van der Waals surface area contributed by atoms with Crippen molar-refractivity contribution in [3.05, 3.63) is 95.7 Å². The second-order valence-electron chi connectivity index (χ2n) is 5.82. The Morgan fingerprint density at radius 2 is 1.38 bits per heavy atom. The van der Waals surface area contributed by atoms with E-state index in [0.29, 0.717) is 11.3 Å². The molecule has 0 aliphatic heterocycles. The van der Waals surface area contributed by atoms with Crippen LogP contribution in [0.15, 0.2) is 83.3 Å². The van der Waals surface area contributed by atoms with E-state index in [9.17, 15) is 4.79 Å². The minimum Gasteiger partial charge on any atom is -0.452 e. The summed E-state index contributed by atoms with van der Waals surface area (Å²) in [5.74, 6) is 0.340. The van der Waals surface area contributed by atoms with Crippen LogP contribution in [0, 0.1) is 6.92 Å². The molecular weight excluding hydrogens is 296 g/mol. The Morgan fingerprint density at radius 1 is 0.750 bits per heavy atom. The second-order valence-corrected chi connectivity index (χ2v) is 5.82. The maximum Gasteiger partial charge on any atom is 0.228 e. The number of furan rings is 1. The van der Waals surface area contributed by atoms with Gasteiger partial charge >= 0.3 is 0 Å². The molecule has 24 heavy (non-hydrogen) atoms. The Balaban J connectivity index is 1.70. The molecule has 0 spiro atoms. The van der Waals surface area contributed by atoms with E-state index in [2.05, 4.69) is 12.1 Å². The van der Waals surface area contributed by atoms with E-state index in [4.69, 9.17) is 4.42 Å². The number of fused-ring (bicyclic) bond motifs is 1. The fourth-order valence-electron chi connectivity index (χ4n) is 2.97. The molecular formula is C22H16O2. The Kier molecular flexibility index (Phi) is 3.51. The van der Waals surface area contributed by atoms with Crippen LogP contribution in [-0.4, -0.2) is 5.78 Å². The highest BCUT2D eigenvalue weighted by molar-refractivity contribution is 6.10. The Hall–Kier alpha value is -3.13. The van der Waals surface area contributed by atoms with Gasteiger partial charge in [-0.3, -0.25) is 4.79 Å². The lowest BCUT2D eigenvalue weighted by molar-refractivity contribution is 0.101. The summed E-state index contributed by atoms with van der Waals surface area (Å²) < 4.78 is 5.78. The molecule has 0 atom stereocenters. The number of hydrogen-bond donors (Lipinski definition) is 0. The van der Waals surface area contributed by atoms with Crippen molar-refractivity contribution in [2.24, 2.45) is 0 Å². The Bertz CT molecular complexity index is 1010. The van der Waals surface area contributed by atoms with E-state index in [-0.39, 0.29) is 5.78 Å². The van der Waals surface area contributed by atoms with E-state index in [1.54, 1.807) is 0 Å². The molecule has 116 valence electrons. The number of rotatable bonds is 3. The Morgan fingerprint density at radius 3 is 2.08 bits per heavy atom. The number of ketones is 1. The van der Waals surface area contributed by atoms with Gasteiger partial charge in [0.05, 0.1) is 0 Å². The first-order valence-corrected chi connectivity index (χ1v) is 7.92. The van der Waals surface area contributed by atoms with Crippen LogP contribution in [0.2, 0.25) is 0 Å². The highest BCUT2D eigenvalue weighted by atomic mass is 16.3. The minimum absolute atomic E-state index is 0.0803. The zero-order valence-electron chi connectivity index (χ0n) is 13.3. The predicted molar refractivity (Wildman–Crippen MR) is 96.3 cm³/mol. The van der Waals surface area contributed by atoms with Crippen LogP contribution in [0.25, 0.3) is 22.1 Å². The fraction of sp³-hybridized carbons (Fsp3) is 0.0455. The van der Waals surface area contributed by atoms with Gasteiger partial charge in [-0.15, -0.1) is 0 Å². The third-order valence-electron chi connectivity index (χ3n) is 4.30. The van der Waals surface area contributed by atoms with Crippen molar-refractivity contribution in [2.45, 2.75) is 6.92 Å². The molecule has 4 aromatic rings. The summed E-state index contributed by atoms with van der Waals surface area (Å²) in [4.78, 5) is 12.8. The molecule has 0 amide bonds. The zero-order chi connectivity index (χ0) is 16.5. The first kappa shape index (κ1) is 14.5. The maximum absolute atomic E-state index is 12.8.